The molecule has 1 aromatic heterocycles. The minimum Gasteiger partial charge on any atom is -0.383 e. The normalized spacial score (nSPS) is 10.7. The molecule has 5 heteroatoms. The minimum absolute atomic E-state index is 0.710. The first-order valence-corrected chi connectivity index (χ1v) is 7.31. The average Bonchev–Trinajstić information content (AvgIpc) is 2.45. The Labute approximate surface area is 127 Å². The SMILES string of the molecule is COCCNCc1cnc(Cc2cccc(Br)c2)nc1. The van der Waals surface area contributed by atoms with Crippen molar-refractivity contribution in [2.75, 3.05) is 20.3 Å². The molecule has 0 aliphatic rings. The van der Waals surface area contributed by atoms with Crippen LogP contribution >= 0.6 is 15.9 Å². The Kier molecular flexibility index (Phi) is 6.11. The number of hydrogen-bond donors (Lipinski definition) is 1. The molecule has 0 atom stereocenters. The van der Waals surface area contributed by atoms with Gasteiger partial charge in [-0.25, -0.2) is 9.97 Å². The maximum absolute atomic E-state index is 4.98. The maximum atomic E-state index is 4.98. The van der Waals surface area contributed by atoms with Gasteiger partial charge >= 0.3 is 0 Å². The van der Waals surface area contributed by atoms with Crippen LogP contribution in [0.3, 0.4) is 0 Å². The van der Waals surface area contributed by atoms with Gasteiger partial charge in [-0.05, 0) is 17.7 Å². The first-order chi connectivity index (χ1) is 9.78. The third-order valence-electron chi connectivity index (χ3n) is 2.82. The number of nitrogens with one attached hydrogen (secondary N) is 1. The standard InChI is InChI=1S/C15H18BrN3O/c1-20-6-5-17-9-13-10-18-15(19-11-13)8-12-3-2-4-14(16)7-12/h2-4,7,10-11,17H,5-6,8-9H2,1H3. The van der Waals surface area contributed by atoms with Gasteiger partial charge < -0.3 is 10.1 Å². The van der Waals surface area contributed by atoms with E-state index in [4.69, 9.17) is 4.74 Å². The third kappa shape index (κ3) is 5.00. The zero-order valence-corrected chi connectivity index (χ0v) is 13.1. The summed E-state index contributed by atoms with van der Waals surface area (Å²) in [5, 5.41) is 3.27. The summed E-state index contributed by atoms with van der Waals surface area (Å²) in [6.07, 6.45) is 4.50. The van der Waals surface area contributed by atoms with Gasteiger partial charge in [-0.2, -0.15) is 0 Å². The number of rotatable bonds is 7. The van der Waals surface area contributed by atoms with E-state index in [0.717, 1.165) is 35.4 Å². The van der Waals surface area contributed by atoms with E-state index < -0.39 is 0 Å². The molecule has 20 heavy (non-hydrogen) atoms. The van der Waals surface area contributed by atoms with Gasteiger partial charge in [-0.3, -0.25) is 0 Å². The van der Waals surface area contributed by atoms with Crippen LogP contribution in [0.1, 0.15) is 17.0 Å². The molecule has 0 aliphatic heterocycles. The largest absolute Gasteiger partial charge is 0.383 e. The van der Waals surface area contributed by atoms with Crippen molar-refractivity contribution in [1.82, 2.24) is 15.3 Å². The number of aromatic nitrogens is 2. The Morgan fingerprint density at radius 2 is 2.00 bits per heavy atom. The Morgan fingerprint density at radius 3 is 2.70 bits per heavy atom. The molecule has 1 heterocycles. The monoisotopic (exact) mass is 335 g/mol. The molecule has 1 N–H and O–H groups in total. The second-order valence-electron chi connectivity index (χ2n) is 4.48. The van der Waals surface area contributed by atoms with E-state index >= 15 is 0 Å². The molecule has 0 bridgehead atoms. The summed E-state index contributed by atoms with van der Waals surface area (Å²) >= 11 is 3.47. The van der Waals surface area contributed by atoms with Crippen LogP contribution in [0, 0.1) is 0 Å². The lowest BCUT2D eigenvalue weighted by Gasteiger charge is -2.05. The van der Waals surface area contributed by atoms with E-state index in [2.05, 4.69) is 43.3 Å². The lowest BCUT2D eigenvalue weighted by Crippen LogP contribution is -2.18. The van der Waals surface area contributed by atoms with Crippen molar-refractivity contribution in [2.45, 2.75) is 13.0 Å². The van der Waals surface area contributed by atoms with Crippen molar-refractivity contribution in [1.29, 1.82) is 0 Å². The average molecular weight is 336 g/mol. The smallest absolute Gasteiger partial charge is 0.132 e. The number of methoxy groups -OCH3 is 1. The third-order valence-corrected chi connectivity index (χ3v) is 3.32. The molecule has 106 valence electrons. The molecule has 2 aromatic rings. The van der Waals surface area contributed by atoms with Crippen molar-refractivity contribution in [2.24, 2.45) is 0 Å². The van der Waals surface area contributed by atoms with Crippen molar-refractivity contribution < 1.29 is 4.74 Å². The minimum atomic E-state index is 0.710. The number of halogens is 1. The molecule has 2 rings (SSSR count). The molecule has 0 spiro atoms. The van der Waals surface area contributed by atoms with Crippen LogP contribution in [-0.4, -0.2) is 30.2 Å². The van der Waals surface area contributed by atoms with Crippen LogP contribution in [0.15, 0.2) is 41.1 Å². The fraction of sp³-hybridized carbons (Fsp3) is 0.333. The van der Waals surface area contributed by atoms with Crippen molar-refractivity contribution in [3.63, 3.8) is 0 Å². The van der Waals surface area contributed by atoms with Gasteiger partial charge in [-0.15, -0.1) is 0 Å². The van der Waals surface area contributed by atoms with Gasteiger partial charge in [0.25, 0.3) is 0 Å². The zero-order chi connectivity index (χ0) is 14.2. The first kappa shape index (κ1) is 15.1. The molecule has 1 aromatic carbocycles. The van der Waals surface area contributed by atoms with Gasteiger partial charge in [0.2, 0.25) is 0 Å². The van der Waals surface area contributed by atoms with Crippen LogP contribution in [0.5, 0.6) is 0 Å². The first-order valence-electron chi connectivity index (χ1n) is 6.52. The van der Waals surface area contributed by atoms with Gasteiger partial charge in [0.15, 0.2) is 0 Å². The number of ether oxygens (including phenoxy) is 1. The molecule has 0 amide bonds. The van der Waals surface area contributed by atoms with Crippen LogP contribution in [-0.2, 0) is 17.7 Å². The predicted molar refractivity (Wildman–Crippen MR) is 82.6 cm³/mol. The fourth-order valence-corrected chi connectivity index (χ4v) is 2.25. The van der Waals surface area contributed by atoms with E-state index in [-0.39, 0.29) is 0 Å². The van der Waals surface area contributed by atoms with Crippen LogP contribution in [0.25, 0.3) is 0 Å². The molecular formula is C15H18BrN3O. The quantitative estimate of drug-likeness (QED) is 0.790. The second-order valence-corrected chi connectivity index (χ2v) is 5.40. The van der Waals surface area contributed by atoms with Gasteiger partial charge in [-0.1, -0.05) is 28.1 Å². The molecule has 0 saturated carbocycles. The summed E-state index contributed by atoms with van der Waals surface area (Å²) in [5.41, 5.74) is 2.28. The Hall–Kier alpha value is -1.30. The highest BCUT2D eigenvalue weighted by Crippen LogP contribution is 2.13. The van der Waals surface area contributed by atoms with Gasteiger partial charge in [0, 0.05) is 49.0 Å². The number of nitrogens with zero attached hydrogens (tertiary/aromatic N) is 2. The molecule has 4 nitrogen and oxygen atoms in total. The van der Waals surface area contributed by atoms with E-state index in [1.54, 1.807) is 7.11 Å². The molecule has 0 aliphatic carbocycles. The molecule has 0 radical (unpaired) electrons. The van der Waals surface area contributed by atoms with E-state index in [1.165, 1.54) is 5.56 Å². The van der Waals surface area contributed by atoms with Crippen LogP contribution in [0.4, 0.5) is 0 Å². The summed E-state index contributed by atoms with van der Waals surface area (Å²) in [7, 11) is 1.70. The number of benzene rings is 1. The summed E-state index contributed by atoms with van der Waals surface area (Å²) in [6, 6.07) is 8.20. The Balaban J connectivity index is 1.88. The summed E-state index contributed by atoms with van der Waals surface area (Å²) in [5.74, 6) is 0.837. The van der Waals surface area contributed by atoms with E-state index in [1.807, 2.05) is 24.5 Å². The predicted octanol–water partition coefficient (Wildman–Crippen LogP) is 2.57. The summed E-state index contributed by atoms with van der Waals surface area (Å²) in [4.78, 5) is 8.81. The highest BCUT2D eigenvalue weighted by atomic mass is 79.9. The lowest BCUT2D eigenvalue weighted by molar-refractivity contribution is 0.199. The molecular weight excluding hydrogens is 318 g/mol. The van der Waals surface area contributed by atoms with E-state index in [9.17, 15) is 0 Å². The van der Waals surface area contributed by atoms with Crippen molar-refractivity contribution in [3.05, 3.63) is 58.1 Å². The summed E-state index contributed by atoms with van der Waals surface area (Å²) in [6.45, 7) is 2.30. The highest BCUT2D eigenvalue weighted by Gasteiger charge is 2.01. The number of hydrogen-bond acceptors (Lipinski definition) is 4. The van der Waals surface area contributed by atoms with Gasteiger partial charge in [0.1, 0.15) is 5.82 Å². The molecule has 0 fully saturated rings. The maximum Gasteiger partial charge on any atom is 0.132 e. The zero-order valence-electron chi connectivity index (χ0n) is 11.5. The van der Waals surface area contributed by atoms with Gasteiger partial charge in [0.05, 0.1) is 6.61 Å². The topological polar surface area (TPSA) is 47.0 Å². The lowest BCUT2D eigenvalue weighted by atomic mass is 10.1. The van der Waals surface area contributed by atoms with Crippen molar-refractivity contribution in [3.8, 4) is 0 Å². The van der Waals surface area contributed by atoms with E-state index in [0.29, 0.717) is 6.61 Å². The van der Waals surface area contributed by atoms with Crippen LogP contribution < -0.4 is 5.32 Å². The second kappa shape index (κ2) is 8.09. The summed E-state index contributed by atoms with van der Waals surface area (Å²) < 4.78 is 6.06. The molecule has 0 saturated heterocycles. The molecule has 0 unspecified atom stereocenters. The fourth-order valence-electron chi connectivity index (χ4n) is 1.80. The Morgan fingerprint density at radius 1 is 1.20 bits per heavy atom. The highest BCUT2D eigenvalue weighted by molar-refractivity contribution is 9.10. The van der Waals surface area contributed by atoms with Crippen LogP contribution in [0.2, 0.25) is 0 Å². The van der Waals surface area contributed by atoms with Crippen molar-refractivity contribution >= 4 is 15.9 Å². The Bertz CT molecular complexity index is 531.